The van der Waals surface area contributed by atoms with E-state index in [-0.39, 0.29) is 25.4 Å². The average molecular weight is 422 g/mol. The second-order valence-electron chi connectivity index (χ2n) is 6.08. The van der Waals surface area contributed by atoms with E-state index in [2.05, 4.69) is 5.32 Å². The Morgan fingerprint density at radius 1 is 0.968 bits per heavy atom. The lowest BCUT2D eigenvalue weighted by Gasteiger charge is -2.07. The van der Waals surface area contributed by atoms with Crippen LogP contribution in [0.15, 0.2) is 54.1 Å². The highest BCUT2D eigenvalue weighted by atomic mass is 16.6. The van der Waals surface area contributed by atoms with Crippen LogP contribution in [0.2, 0.25) is 0 Å². The lowest BCUT2D eigenvalue weighted by molar-refractivity contribution is -0.145. The van der Waals surface area contributed by atoms with Gasteiger partial charge in [-0.1, -0.05) is 12.1 Å². The predicted molar refractivity (Wildman–Crippen MR) is 113 cm³/mol. The quantitative estimate of drug-likeness (QED) is 0.374. The van der Waals surface area contributed by atoms with Crippen LogP contribution in [0.3, 0.4) is 0 Å². The van der Waals surface area contributed by atoms with E-state index in [1.807, 2.05) is 6.07 Å². The molecule has 0 aliphatic heterocycles. The Hall–Kier alpha value is -4.12. The van der Waals surface area contributed by atoms with Crippen LogP contribution >= 0.6 is 0 Å². The van der Waals surface area contributed by atoms with Crippen LogP contribution in [0.1, 0.15) is 29.8 Å². The van der Waals surface area contributed by atoms with Gasteiger partial charge in [-0.05, 0) is 61.9 Å². The van der Waals surface area contributed by atoms with Crippen LogP contribution < -0.4 is 10.1 Å². The molecule has 0 spiro atoms. The molecule has 1 N–H and O–H groups in total. The third-order valence-corrected chi connectivity index (χ3v) is 3.87. The number of anilines is 1. The van der Waals surface area contributed by atoms with Crippen LogP contribution in [-0.2, 0) is 19.1 Å². The van der Waals surface area contributed by atoms with Gasteiger partial charge in [-0.3, -0.25) is 4.79 Å². The van der Waals surface area contributed by atoms with Crippen molar-refractivity contribution in [3.63, 3.8) is 0 Å². The fourth-order valence-electron chi connectivity index (χ4n) is 2.42. The van der Waals surface area contributed by atoms with Crippen molar-refractivity contribution in [3.8, 4) is 11.8 Å². The first kappa shape index (κ1) is 23.2. The standard InChI is InChI=1S/C23H22N2O6/c1-3-29-21(26)15-31-20-11-5-16(6-12-20)13-18(14-24)22(27)25-19-9-7-17(8-10-19)23(28)30-4-2/h5-13H,3-4,15H2,1-2H3,(H,25,27)/b18-13+. The number of carbonyl (C=O) groups is 3. The molecule has 1 amide bonds. The molecular weight excluding hydrogens is 400 g/mol. The van der Waals surface area contributed by atoms with Gasteiger partial charge in [0.1, 0.15) is 17.4 Å². The van der Waals surface area contributed by atoms with Crippen LogP contribution in [0.4, 0.5) is 5.69 Å². The molecule has 0 radical (unpaired) electrons. The molecule has 0 aliphatic carbocycles. The molecule has 0 heterocycles. The summed E-state index contributed by atoms with van der Waals surface area (Å²) in [7, 11) is 0. The van der Waals surface area contributed by atoms with Gasteiger partial charge in [0.05, 0.1) is 18.8 Å². The highest BCUT2D eigenvalue weighted by molar-refractivity contribution is 6.09. The summed E-state index contributed by atoms with van der Waals surface area (Å²) >= 11 is 0. The molecule has 160 valence electrons. The van der Waals surface area contributed by atoms with E-state index < -0.39 is 17.8 Å². The van der Waals surface area contributed by atoms with Crippen LogP contribution in [0.25, 0.3) is 6.08 Å². The molecule has 0 bridgehead atoms. The zero-order chi connectivity index (χ0) is 22.6. The van der Waals surface area contributed by atoms with Crippen molar-refractivity contribution < 1.29 is 28.6 Å². The van der Waals surface area contributed by atoms with E-state index in [0.717, 1.165) is 0 Å². The first-order valence-electron chi connectivity index (χ1n) is 9.55. The Morgan fingerprint density at radius 2 is 1.61 bits per heavy atom. The number of esters is 2. The zero-order valence-corrected chi connectivity index (χ0v) is 17.2. The van der Waals surface area contributed by atoms with Crippen LogP contribution in [0, 0.1) is 11.3 Å². The van der Waals surface area contributed by atoms with Crippen molar-refractivity contribution >= 4 is 29.6 Å². The summed E-state index contributed by atoms with van der Waals surface area (Å²) in [6, 6.07) is 14.6. The summed E-state index contributed by atoms with van der Waals surface area (Å²) in [5.41, 5.74) is 1.30. The number of benzene rings is 2. The zero-order valence-electron chi connectivity index (χ0n) is 17.2. The molecular formula is C23H22N2O6. The second kappa shape index (κ2) is 11.8. The Kier molecular flexibility index (Phi) is 8.80. The topological polar surface area (TPSA) is 115 Å². The van der Waals surface area contributed by atoms with E-state index in [9.17, 15) is 19.6 Å². The third kappa shape index (κ3) is 7.33. The van der Waals surface area contributed by atoms with Gasteiger partial charge in [-0.25, -0.2) is 9.59 Å². The summed E-state index contributed by atoms with van der Waals surface area (Å²) in [4.78, 5) is 35.4. The minimum Gasteiger partial charge on any atom is -0.482 e. The van der Waals surface area contributed by atoms with E-state index >= 15 is 0 Å². The van der Waals surface area contributed by atoms with Gasteiger partial charge < -0.3 is 19.5 Å². The van der Waals surface area contributed by atoms with Crippen molar-refractivity contribution in [2.24, 2.45) is 0 Å². The molecule has 31 heavy (non-hydrogen) atoms. The molecule has 0 saturated carbocycles. The fraction of sp³-hybridized carbons (Fsp3) is 0.217. The molecule has 0 aliphatic rings. The summed E-state index contributed by atoms with van der Waals surface area (Å²) in [6.45, 7) is 3.77. The number of rotatable bonds is 9. The largest absolute Gasteiger partial charge is 0.482 e. The van der Waals surface area contributed by atoms with Crippen LogP contribution in [-0.4, -0.2) is 37.7 Å². The first-order valence-corrected chi connectivity index (χ1v) is 9.55. The van der Waals surface area contributed by atoms with E-state index in [1.165, 1.54) is 18.2 Å². The molecule has 8 nitrogen and oxygen atoms in total. The molecule has 0 fully saturated rings. The number of nitrogens with one attached hydrogen (secondary N) is 1. The summed E-state index contributed by atoms with van der Waals surface area (Å²) < 4.78 is 15.0. The molecule has 2 aromatic rings. The Morgan fingerprint density at radius 3 is 2.19 bits per heavy atom. The van der Waals surface area contributed by atoms with E-state index in [1.54, 1.807) is 50.2 Å². The van der Waals surface area contributed by atoms with Gasteiger partial charge in [0.2, 0.25) is 0 Å². The van der Waals surface area contributed by atoms with Gasteiger partial charge in [0, 0.05) is 5.69 Å². The Labute approximate surface area is 180 Å². The second-order valence-corrected chi connectivity index (χ2v) is 6.08. The molecule has 0 aromatic heterocycles. The SMILES string of the molecule is CCOC(=O)COc1ccc(/C=C(\C#N)C(=O)Nc2ccc(C(=O)OCC)cc2)cc1. The molecule has 0 atom stereocenters. The summed E-state index contributed by atoms with van der Waals surface area (Å²) in [5, 5.41) is 12.0. The van der Waals surface area contributed by atoms with Gasteiger partial charge in [0.15, 0.2) is 6.61 Å². The van der Waals surface area contributed by atoms with Crippen LogP contribution in [0.5, 0.6) is 5.75 Å². The van der Waals surface area contributed by atoms with Gasteiger partial charge in [0.25, 0.3) is 5.91 Å². The van der Waals surface area contributed by atoms with Gasteiger partial charge in [-0.15, -0.1) is 0 Å². The lowest BCUT2D eigenvalue weighted by atomic mass is 10.1. The van der Waals surface area contributed by atoms with Crippen molar-refractivity contribution in [3.05, 3.63) is 65.2 Å². The lowest BCUT2D eigenvalue weighted by Crippen LogP contribution is -2.14. The minimum atomic E-state index is -0.589. The predicted octanol–water partition coefficient (Wildman–Crippen LogP) is 3.35. The smallest absolute Gasteiger partial charge is 0.344 e. The van der Waals surface area contributed by atoms with Crippen molar-refractivity contribution in [2.45, 2.75) is 13.8 Å². The number of nitrogens with zero attached hydrogens (tertiary/aromatic N) is 1. The number of carbonyl (C=O) groups excluding carboxylic acids is 3. The monoisotopic (exact) mass is 422 g/mol. The molecule has 2 rings (SSSR count). The summed E-state index contributed by atoms with van der Waals surface area (Å²) in [6.07, 6.45) is 1.43. The number of hydrogen-bond donors (Lipinski definition) is 1. The van der Waals surface area contributed by atoms with Crippen molar-refractivity contribution in [1.82, 2.24) is 0 Å². The van der Waals surface area contributed by atoms with Gasteiger partial charge in [-0.2, -0.15) is 5.26 Å². The highest BCUT2D eigenvalue weighted by Crippen LogP contribution is 2.16. The Bertz CT molecular complexity index is 988. The first-order chi connectivity index (χ1) is 15.0. The average Bonchev–Trinajstić information content (AvgIpc) is 2.77. The van der Waals surface area contributed by atoms with Gasteiger partial charge >= 0.3 is 11.9 Å². The highest BCUT2D eigenvalue weighted by Gasteiger charge is 2.11. The fourth-order valence-corrected chi connectivity index (χ4v) is 2.42. The maximum Gasteiger partial charge on any atom is 0.344 e. The third-order valence-electron chi connectivity index (χ3n) is 3.87. The minimum absolute atomic E-state index is 0.102. The maximum atomic E-state index is 12.4. The molecule has 2 aromatic carbocycles. The van der Waals surface area contributed by atoms with E-state index in [0.29, 0.717) is 22.6 Å². The number of ether oxygens (including phenoxy) is 3. The van der Waals surface area contributed by atoms with Crippen molar-refractivity contribution in [1.29, 1.82) is 5.26 Å². The molecule has 0 saturated heterocycles. The summed E-state index contributed by atoms with van der Waals surface area (Å²) in [5.74, 6) is -1.05. The normalized spacial score (nSPS) is 10.5. The van der Waals surface area contributed by atoms with Crippen molar-refractivity contribution in [2.75, 3.05) is 25.1 Å². The maximum absolute atomic E-state index is 12.4. The van der Waals surface area contributed by atoms with E-state index in [4.69, 9.17) is 14.2 Å². The number of amides is 1. The molecule has 0 unspecified atom stereocenters. The molecule has 8 heteroatoms. The number of hydrogen-bond acceptors (Lipinski definition) is 7. The number of nitriles is 1. The Balaban J connectivity index is 2.01.